The molecule has 154 valence electrons. The van der Waals surface area contributed by atoms with Crippen molar-refractivity contribution < 1.29 is 24.5 Å². The van der Waals surface area contributed by atoms with E-state index in [1.807, 2.05) is 0 Å². The van der Waals surface area contributed by atoms with Crippen molar-refractivity contribution in [3.05, 3.63) is 11.6 Å². The highest BCUT2D eigenvalue weighted by molar-refractivity contribution is 5.94. The quantitative estimate of drug-likeness (QED) is 0.675. The van der Waals surface area contributed by atoms with Crippen LogP contribution in [0.15, 0.2) is 11.6 Å². The summed E-state index contributed by atoms with van der Waals surface area (Å²) in [5.74, 6) is 0.362. The maximum atomic E-state index is 14.0. The third-order valence-electron chi connectivity index (χ3n) is 9.76. The Balaban J connectivity index is 1.52. The molecule has 1 aliphatic heterocycles. The third kappa shape index (κ3) is 2.15. The monoisotopic (exact) mass is 388 g/mol. The van der Waals surface area contributed by atoms with Crippen LogP contribution in [0.25, 0.3) is 0 Å². The van der Waals surface area contributed by atoms with Gasteiger partial charge in [0, 0.05) is 28.7 Å². The Morgan fingerprint density at radius 2 is 1.82 bits per heavy atom. The van der Waals surface area contributed by atoms with Crippen LogP contribution >= 0.6 is 0 Å². The fraction of sp³-hybridized carbons (Fsp3) is 0.826. The number of hydrogen-bond acceptors (Lipinski definition) is 5. The lowest BCUT2D eigenvalue weighted by molar-refractivity contribution is -0.237. The van der Waals surface area contributed by atoms with Crippen LogP contribution in [0.3, 0.4) is 0 Å². The molecule has 0 aromatic heterocycles. The van der Waals surface area contributed by atoms with Crippen LogP contribution < -0.4 is 0 Å². The molecule has 28 heavy (non-hydrogen) atoms. The van der Waals surface area contributed by atoms with Gasteiger partial charge in [-0.15, -0.1) is 0 Å². The molecule has 0 radical (unpaired) electrons. The van der Waals surface area contributed by atoms with Gasteiger partial charge in [0.1, 0.15) is 12.4 Å². The molecule has 2 bridgehead atoms. The number of aliphatic hydroxyl groups excluding tert-OH is 1. The van der Waals surface area contributed by atoms with E-state index in [4.69, 9.17) is 4.74 Å². The van der Waals surface area contributed by atoms with Gasteiger partial charge in [-0.3, -0.25) is 4.79 Å². The lowest BCUT2D eigenvalue weighted by Crippen LogP contribution is -2.69. The normalized spacial score (nSPS) is 53.1. The van der Waals surface area contributed by atoms with Crippen LogP contribution in [-0.4, -0.2) is 40.3 Å². The first-order valence-corrected chi connectivity index (χ1v) is 11.0. The molecule has 5 nitrogen and oxygen atoms in total. The molecular weight excluding hydrogens is 356 g/mol. The van der Waals surface area contributed by atoms with Gasteiger partial charge in [-0.05, 0) is 68.8 Å². The zero-order chi connectivity index (χ0) is 19.9. The Hall–Kier alpha value is -1.20. The summed E-state index contributed by atoms with van der Waals surface area (Å²) in [5.41, 5.74) is -0.959. The summed E-state index contributed by atoms with van der Waals surface area (Å²) < 4.78 is 5.15. The minimum Gasteiger partial charge on any atom is -0.458 e. The fourth-order valence-electron chi connectivity index (χ4n) is 8.17. The highest BCUT2D eigenvalue weighted by Crippen LogP contribution is 2.71. The highest BCUT2D eigenvalue weighted by Gasteiger charge is 2.70. The summed E-state index contributed by atoms with van der Waals surface area (Å²) in [6.45, 7) is 4.62. The molecule has 0 unspecified atom stereocenters. The first-order chi connectivity index (χ1) is 13.1. The van der Waals surface area contributed by atoms with Gasteiger partial charge in [-0.1, -0.05) is 13.8 Å². The smallest absolute Gasteiger partial charge is 0.331 e. The lowest BCUT2D eigenvalue weighted by atomic mass is 9.36. The van der Waals surface area contributed by atoms with E-state index in [1.165, 1.54) is 0 Å². The lowest BCUT2D eigenvalue weighted by Gasteiger charge is -2.68. The van der Waals surface area contributed by atoms with Gasteiger partial charge < -0.3 is 14.9 Å². The van der Waals surface area contributed by atoms with Crippen LogP contribution in [0, 0.1) is 28.1 Å². The van der Waals surface area contributed by atoms with Gasteiger partial charge in [-0.2, -0.15) is 0 Å². The second-order valence-electron chi connectivity index (χ2n) is 10.8. The number of hydrogen-bond donors (Lipinski definition) is 2. The number of rotatable bonds is 1. The third-order valence-corrected chi connectivity index (χ3v) is 9.76. The van der Waals surface area contributed by atoms with Gasteiger partial charge in [0.05, 0.1) is 11.7 Å². The highest BCUT2D eigenvalue weighted by atomic mass is 16.5. The summed E-state index contributed by atoms with van der Waals surface area (Å²) in [7, 11) is 0. The first kappa shape index (κ1) is 18.8. The molecule has 0 saturated heterocycles. The number of cyclic esters (lactones) is 1. The number of esters is 1. The van der Waals surface area contributed by atoms with E-state index < -0.39 is 17.1 Å². The molecule has 0 aromatic carbocycles. The van der Waals surface area contributed by atoms with E-state index in [2.05, 4.69) is 13.8 Å². The van der Waals surface area contributed by atoms with E-state index in [-0.39, 0.29) is 28.6 Å². The molecule has 4 aliphatic carbocycles. The van der Waals surface area contributed by atoms with Crippen molar-refractivity contribution in [2.24, 2.45) is 28.1 Å². The maximum absolute atomic E-state index is 14.0. The second-order valence-corrected chi connectivity index (χ2v) is 10.8. The fourth-order valence-corrected chi connectivity index (χ4v) is 8.17. The van der Waals surface area contributed by atoms with E-state index in [0.29, 0.717) is 31.7 Å². The minimum atomic E-state index is -0.861. The standard InChI is InChI=1S/C23H32O5/c1-20-6-5-17-21(2)7-3-15(24)12-23(21,27)10-9-22(17,19(20)26)8-4-16(20)14-11-18(25)28-13-14/h11,15-17,24,27H,3-10,12-13H2,1-2H3/t15-,16+,17-,20+,21+,22-,23-/m0/s1. The zero-order valence-electron chi connectivity index (χ0n) is 17.0. The Bertz CT molecular complexity index is 773. The van der Waals surface area contributed by atoms with Crippen LogP contribution in [-0.2, 0) is 14.3 Å². The SMILES string of the molecule is C[C@@]12CC[C@@H]3[C@](CC[C@@H]1C1=CC(=O)OC1)(CC[C@]1(O)C[C@@H](O)CC[C@]31C)C2=O. The molecule has 0 amide bonds. The minimum absolute atomic E-state index is 0.0971. The summed E-state index contributed by atoms with van der Waals surface area (Å²) in [4.78, 5) is 25.6. The van der Waals surface area contributed by atoms with E-state index in [0.717, 1.165) is 44.1 Å². The average molecular weight is 389 g/mol. The predicted molar refractivity (Wildman–Crippen MR) is 102 cm³/mol. The summed E-state index contributed by atoms with van der Waals surface area (Å²) in [6.07, 6.45) is 7.96. The van der Waals surface area contributed by atoms with Crippen LogP contribution in [0.4, 0.5) is 0 Å². The Kier molecular flexibility index (Phi) is 3.82. The number of ketones is 1. The molecule has 1 spiro atoms. The van der Waals surface area contributed by atoms with Gasteiger partial charge in [0.25, 0.3) is 0 Å². The number of fused-ring (bicyclic) bond motifs is 3. The van der Waals surface area contributed by atoms with E-state index in [9.17, 15) is 19.8 Å². The molecule has 5 heteroatoms. The van der Waals surface area contributed by atoms with Gasteiger partial charge in [0.2, 0.25) is 0 Å². The Labute approximate surface area is 166 Å². The number of carbonyl (C=O) groups is 2. The predicted octanol–water partition coefficient (Wildman–Crippen LogP) is 2.93. The van der Waals surface area contributed by atoms with Gasteiger partial charge in [0.15, 0.2) is 0 Å². The van der Waals surface area contributed by atoms with Crippen LogP contribution in [0.1, 0.15) is 71.6 Å². The Morgan fingerprint density at radius 1 is 1.04 bits per heavy atom. The first-order valence-electron chi connectivity index (χ1n) is 11.0. The molecule has 4 fully saturated rings. The number of carbonyl (C=O) groups excluding carboxylic acids is 2. The van der Waals surface area contributed by atoms with Crippen molar-refractivity contribution in [2.75, 3.05) is 6.61 Å². The average Bonchev–Trinajstić information content (AvgIpc) is 3.05. The molecule has 2 N–H and O–H groups in total. The summed E-state index contributed by atoms with van der Waals surface area (Å²) in [5, 5.41) is 21.7. The molecule has 0 aromatic rings. The maximum Gasteiger partial charge on any atom is 0.331 e. The number of Topliss-reactive ketones (excluding diaryl/α,β-unsaturated/α-hetero) is 1. The van der Waals surface area contributed by atoms with Crippen molar-refractivity contribution in [1.29, 1.82) is 0 Å². The largest absolute Gasteiger partial charge is 0.458 e. The van der Waals surface area contributed by atoms with Crippen LogP contribution in [0.2, 0.25) is 0 Å². The molecule has 7 atom stereocenters. The zero-order valence-corrected chi connectivity index (χ0v) is 17.0. The molecule has 1 heterocycles. The van der Waals surface area contributed by atoms with Crippen LogP contribution in [0.5, 0.6) is 0 Å². The second kappa shape index (κ2) is 5.69. The van der Waals surface area contributed by atoms with E-state index in [1.54, 1.807) is 6.08 Å². The van der Waals surface area contributed by atoms with E-state index >= 15 is 0 Å². The number of ether oxygens (including phenoxy) is 1. The van der Waals surface area contributed by atoms with Crippen molar-refractivity contribution in [1.82, 2.24) is 0 Å². The topological polar surface area (TPSA) is 83.8 Å². The van der Waals surface area contributed by atoms with Crippen molar-refractivity contribution >= 4 is 11.8 Å². The van der Waals surface area contributed by atoms with Crippen molar-refractivity contribution in [3.8, 4) is 0 Å². The summed E-state index contributed by atoms with van der Waals surface area (Å²) >= 11 is 0. The number of aliphatic hydroxyl groups is 2. The van der Waals surface area contributed by atoms with Crippen molar-refractivity contribution in [2.45, 2.75) is 83.3 Å². The molecule has 5 aliphatic rings. The Morgan fingerprint density at radius 3 is 2.54 bits per heavy atom. The molecule has 4 saturated carbocycles. The molecule has 5 rings (SSSR count). The van der Waals surface area contributed by atoms with Crippen molar-refractivity contribution in [3.63, 3.8) is 0 Å². The van der Waals surface area contributed by atoms with Gasteiger partial charge >= 0.3 is 5.97 Å². The van der Waals surface area contributed by atoms with Gasteiger partial charge in [-0.25, -0.2) is 4.79 Å². The summed E-state index contributed by atoms with van der Waals surface area (Å²) in [6, 6.07) is 0. The molecular formula is C23H32O5.